The number of furan rings is 1. The zero-order valence-corrected chi connectivity index (χ0v) is 15.7. The van der Waals surface area contributed by atoms with Gasteiger partial charge in [-0.25, -0.2) is 9.50 Å². The summed E-state index contributed by atoms with van der Waals surface area (Å²) >= 11 is 12.0. The van der Waals surface area contributed by atoms with Crippen LogP contribution < -0.4 is 5.32 Å². The summed E-state index contributed by atoms with van der Waals surface area (Å²) in [6, 6.07) is 9.96. The minimum atomic E-state index is -4.78. The van der Waals surface area contributed by atoms with E-state index in [1.165, 1.54) is 24.5 Å². The number of fused-ring (bicyclic) bond motifs is 1. The second kappa shape index (κ2) is 7.09. The molecule has 3 heterocycles. The van der Waals surface area contributed by atoms with Crippen molar-refractivity contribution >= 4 is 40.4 Å². The lowest BCUT2D eigenvalue weighted by molar-refractivity contribution is -0.142. The smallest absolute Gasteiger partial charge is 0.433 e. The van der Waals surface area contributed by atoms with Gasteiger partial charge in [0.2, 0.25) is 0 Å². The third-order valence-electron chi connectivity index (χ3n) is 3.89. The second-order valence-electron chi connectivity index (χ2n) is 5.86. The highest BCUT2D eigenvalue weighted by atomic mass is 35.5. The van der Waals surface area contributed by atoms with E-state index in [1.807, 2.05) is 0 Å². The first-order chi connectivity index (χ1) is 13.7. The number of amides is 1. The van der Waals surface area contributed by atoms with Crippen molar-refractivity contribution in [2.45, 2.75) is 6.18 Å². The SMILES string of the molecule is O=C(Nc1cccc(Cl)c1)c1nn2c(C(F)(F)F)cc(-c3ccco3)nc2c1Cl. The Kier molecular flexibility index (Phi) is 4.71. The van der Waals surface area contributed by atoms with Crippen LogP contribution in [0.2, 0.25) is 10.0 Å². The number of rotatable bonds is 3. The molecule has 0 saturated heterocycles. The van der Waals surface area contributed by atoms with Crippen molar-refractivity contribution in [1.29, 1.82) is 0 Å². The normalized spacial score (nSPS) is 11.8. The number of aromatic nitrogens is 3. The van der Waals surface area contributed by atoms with Gasteiger partial charge in [-0.3, -0.25) is 4.79 Å². The van der Waals surface area contributed by atoms with Crippen molar-refractivity contribution < 1.29 is 22.4 Å². The van der Waals surface area contributed by atoms with Crippen molar-refractivity contribution in [3.05, 3.63) is 70.2 Å². The first-order valence-corrected chi connectivity index (χ1v) is 8.77. The molecule has 0 atom stereocenters. The van der Waals surface area contributed by atoms with E-state index in [4.69, 9.17) is 27.6 Å². The van der Waals surface area contributed by atoms with Gasteiger partial charge in [0, 0.05) is 10.7 Å². The van der Waals surface area contributed by atoms with E-state index in [0.29, 0.717) is 15.2 Å². The van der Waals surface area contributed by atoms with Crippen molar-refractivity contribution in [1.82, 2.24) is 14.6 Å². The van der Waals surface area contributed by atoms with Gasteiger partial charge in [0.05, 0.1) is 6.26 Å². The van der Waals surface area contributed by atoms with Gasteiger partial charge < -0.3 is 9.73 Å². The summed E-state index contributed by atoms with van der Waals surface area (Å²) in [6.45, 7) is 0. The number of carbonyl (C=O) groups is 1. The monoisotopic (exact) mass is 440 g/mol. The number of nitrogens with one attached hydrogen (secondary N) is 1. The van der Waals surface area contributed by atoms with Gasteiger partial charge in [-0.2, -0.15) is 18.3 Å². The van der Waals surface area contributed by atoms with Crippen molar-refractivity contribution in [3.63, 3.8) is 0 Å². The molecule has 0 spiro atoms. The molecule has 6 nitrogen and oxygen atoms in total. The molecule has 0 bridgehead atoms. The molecule has 0 aliphatic heterocycles. The maximum atomic E-state index is 13.6. The van der Waals surface area contributed by atoms with E-state index in [9.17, 15) is 18.0 Å². The van der Waals surface area contributed by atoms with Crippen LogP contribution in [0.15, 0.2) is 53.1 Å². The van der Waals surface area contributed by atoms with Crippen LogP contribution in [0.4, 0.5) is 18.9 Å². The minimum absolute atomic E-state index is 0.0987. The first kappa shape index (κ1) is 19.3. The molecule has 1 N–H and O–H groups in total. The molecule has 0 aliphatic carbocycles. The predicted molar refractivity (Wildman–Crippen MR) is 100 cm³/mol. The highest BCUT2D eigenvalue weighted by Crippen LogP contribution is 2.34. The van der Waals surface area contributed by atoms with E-state index in [2.05, 4.69) is 15.4 Å². The molecular formula is C18H9Cl2F3N4O2. The van der Waals surface area contributed by atoms with Gasteiger partial charge in [-0.1, -0.05) is 29.3 Å². The Balaban J connectivity index is 1.84. The number of carbonyl (C=O) groups excluding carboxylic acids is 1. The average molecular weight is 441 g/mol. The van der Waals surface area contributed by atoms with Gasteiger partial charge in [-0.05, 0) is 36.4 Å². The van der Waals surface area contributed by atoms with Gasteiger partial charge >= 0.3 is 6.18 Å². The third-order valence-corrected chi connectivity index (χ3v) is 4.48. The number of benzene rings is 1. The van der Waals surface area contributed by atoms with Gasteiger partial charge in [0.25, 0.3) is 5.91 Å². The van der Waals surface area contributed by atoms with Gasteiger partial charge in [0.15, 0.2) is 22.8 Å². The number of nitrogens with zero attached hydrogens (tertiary/aromatic N) is 3. The molecular weight excluding hydrogens is 432 g/mol. The third kappa shape index (κ3) is 3.66. The highest BCUT2D eigenvalue weighted by molar-refractivity contribution is 6.37. The molecule has 3 aromatic heterocycles. The Hall–Kier alpha value is -3.04. The fourth-order valence-corrected chi connectivity index (χ4v) is 3.08. The summed E-state index contributed by atoms with van der Waals surface area (Å²) in [7, 11) is 0. The Bertz CT molecular complexity index is 1220. The molecule has 4 rings (SSSR count). The van der Waals surface area contributed by atoms with E-state index in [1.54, 1.807) is 18.2 Å². The van der Waals surface area contributed by atoms with Crippen LogP contribution in [0, 0.1) is 0 Å². The number of halogens is 5. The second-order valence-corrected chi connectivity index (χ2v) is 6.68. The zero-order chi connectivity index (χ0) is 20.8. The molecule has 148 valence electrons. The van der Waals surface area contributed by atoms with Crippen LogP contribution in [-0.4, -0.2) is 20.5 Å². The molecule has 0 aliphatic rings. The fourth-order valence-electron chi connectivity index (χ4n) is 2.65. The van der Waals surface area contributed by atoms with Crippen LogP contribution in [0.25, 0.3) is 17.1 Å². The Labute approximate surface area is 170 Å². The lowest BCUT2D eigenvalue weighted by Gasteiger charge is -2.09. The number of hydrogen-bond acceptors (Lipinski definition) is 4. The van der Waals surface area contributed by atoms with Crippen LogP contribution in [0.5, 0.6) is 0 Å². The maximum Gasteiger partial charge on any atom is 0.433 e. The Morgan fingerprint density at radius 1 is 1.14 bits per heavy atom. The van der Waals surface area contributed by atoms with Gasteiger partial charge in [0.1, 0.15) is 10.7 Å². The summed E-state index contributed by atoms with van der Waals surface area (Å²) < 4.78 is 46.4. The van der Waals surface area contributed by atoms with Crippen LogP contribution >= 0.6 is 23.2 Å². The Morgan fingerprint density at radius 3 is 2.59 bits per heavy atom. The molecule has 1 amide bonds. The van der Waals surface area contributed by atoms with E-state index >= 15 is 0 Å². The minimum Gasteiger partial charge on any atom is -0.463 e. The van der Waals surface area contributed by atoms with E-state index < -0.39 is 23.5 Å². The molecule has 11 heteroatoms. The average Bonchev–Trinajstić information content (AvgIpc) is 3.29. The molecule has 4 aromatic rings. The predicted octanol–water partition coefficient (Wildman–Crippen LogP) is 5.57. The fraction of sp³-hybridized carbons (Fsp3) is 0.0556. The summed E-state index contributed by atoms with van der Waals surface area (Å²) in [5.74, 6) is -0.698. The van der Waals surface area contributed by atoms with E-state index in [0.717, 1.165) is 6.07 Å². The van der Waals surface area contributed by atoms with Crippen LogP contribution in [-0.2, 0) is 6.18 Å². The Morgan fingerprint density at radius 2 is 1.93 bits per heavy atom. The molecule has 0 unspecified atom stereocenters. The van der Waals surface area contributed by atoms with Crippen LogP contribution in [0.1, 0.15) is 16.2 Å². The number of anilines is 1. The number of alkyl halides is 3. The van der Waals surface area contributed by atoms with Crippen molar-refractivity contribution in [3.8, 4) is 11.5 Å². The topological polar surface area (TPSA) is 72.4 Å². The summed E-state index contributed by atoms with van der Waals surface area (Å²) in [4.78, 5) is 16.6. The lowest BCUT2D eigenvalue weighted by atomic mass is 10.2. The van der Waals surface area contributed by atoms with Crippen molar-refractivity contribution in [2.24, 2.45) is 0 Å². The number of hydrogen-bond donors (Lipinski definition) is 1. The van der Waals surface area contributed by atoms with Crippen molar-refractivity contribution in [2.75, 3.05) is 5.32 Å². The zero-order valence-electron chi connectivity index (χ0n) is 14.2. The largest absolute Gasteiger partial charge is 0.463 e. The molecule has 0 radical (unpaired) electrons. The van der Waals surface area contributed by atoms with Gasteiger partial charge in [-0.15, -0.1) is 0 Å². The molecule has 0 fully saturated rings. The van der Waals surface area contributed by atoms with Crippen LogP contribution in [0.3, 0.4) is 0 Å². The van der Waals surface area contributed by atoms with E-state index in [-0.39, 0.29) is 22.1 Å². The standard InChI is InChI=1S/C18H9Cl2F3N4O2/c19-9-3-1-4-10(7-9)24-17(28)15-14(20)16-25-11(12-5-2-6-29-12)8-13(18(21,22)23)27(16)26-15/h1-8H,(H,24,28). The molecule has 0 saturated carbocycles. The first-order valence-electron chi connectivity index (χ1n) is 8.01. The summed E-state index contributed by atoms with van der Waals surface area (Å²) in [5.41, 5.74) is -1.67. The maximum absolute atomic E-state index is 13.6. The summed E-state index contributed by atoms with van der Waals surface area (Å²) in [6.07, 6.45) is -3.48. The summed E-state index contributed by atoms with van der Waals surface area (Å²) in [5, 5.41) is 6.27. The molecule has 1 aromatic carbocycles. The quantitative estimate of drug-likeness (QED) is 0.452. The lowest BCUT2D eigenvalue weighted by Crippen LogP contribution is -2.15. The molecule has 29 heavy (non-hydrogen) atoms. The highest BCUT2D eigenvalue weighted by Gasteiger charge is 2.37.